The highest BCUT2D eigenvalue weighted by Gasteiger charge is 2.46. The van der Waals surface area contributed by atoms with Crippen LogP contribution in [0.3, 0.4) is 0 Å². The van der Waals surface area contributed by atoms with Crippen molar-refractivity contribution >= 4 is 43.6 Å². The normalized spacial score (nSPS) is 15.8. The minimum atomic E-state index is -0.743. The smallest absolute Gasteiger partial charge is 0.297 e. The Kier molecular flexibility index (Phi) is 4.32. The van der Waals surface area contributed by atoms with Crippen LogP contribution < -0.4 is 10.3 Å². The summed E-state index contributed by atoms with van der Waals surface area (Å²) in [7, 11) is 0. The van der Waals surface area contributed by atoms with E-state index in [0.29, 0.717) is 33.5 Å². The van der Waals surface area contributed by atoms with Gasteiger partial charge in [-0.2, -0.15) is 0 Å². The van der Waals surface area contributed by atoms with Gasteiger partial charge in [0.25, 0.3) is 5.91 Å². The van der Waals surface area contributed by atoms with Gasteiger partial charge in [0.15, 0.2) is 10.6 Å². The maximum absolute atomic E-state index is 13.7. The van der Waals surface area contributed by atoms with E-state index in [0.717, 1.165) is 10.2 Å². The van der Waals surface area contributed by atoms with Crippen LogP contribution in [0.15, 0.2) is 68.2 Å². The molecule has 6 rings (SSSR count). The summed E-state index contributed by atoms with van der Waals surface area (Å²) in [5.41, 5.74) is 2.45. The summed E-state index contributed by atoms with van der Waals surface area (Å²) < 4.78 is 12.9. The third-order valence-electron chi connectivity index (χ3n) is 6.08. The molecule has 6 nitrogen and oxygen atoms in total. The SMILES string of the molecule is Cc1ccc(C2c3c(oc4ccccc4c3=O)C(=O)N2c2nc3ccc(C(C)C)cc3s2)o1. The lowest BCUT2D eigenvalue weighted by Crippen LogP contribution is -2.29. The molecule has 5 aromatic rings. The van der Waals surface area contributed by atoms with Crippen molar-refractivity contribution in [3.05, 3.63) is 93.2 Å². The fourth-order valence-electron chi connectivity index (χ4n) is 4.38. The number of para-hydroxylation sites is 1. The van der Waals surface area contributed by atoms with Crippen molar-refractivity contribution < 1.29 is 13.6 Å². The summed E-state index contributed by atoms with van der Waals surface area (Å²) in [4.78, 5) is 33.5. The van der Waals surface area contributed by atoms with Gasteiger partial charge in [-0.1, -0.05) is 43.4 Å². The first-order valence-electron chi connectivity index (χ1n) is 10.8. The number of benzene rings is 2. The molecule has 0 fully saturated rings. The summed E-state index contributed by atoms with van der Waals surface area (Å²) in [6, 6.07) is 16.0. The Balaban J connectivity index is 1.60. The summed E-state index contributed by atoms with van der Waals surface area (Å²) in [6.07, 6.45) is 0. The number of thiazole rings is 1. The van der Waals surface area contributed by atoms with E-state index in [4.69, 9.17) is 13.8 Å². The number of aromatic nitrogens is 1. The first-order valence-corrected chi connectivity index (χ1v) is 11.6. The second kappa shape index (κ2) is 7.15. The van der Waals surface area contributed by atoms with Crippen LogP contribution in [0.4, 0.5) is 5.13 Å². The predicted molar refractivity (Wildman–Crippen MR) is 128 cm³/mol. The predicted octanol–water partition coefficient (Wildman–Crippen LogP) is 6.18. The molecule has 164 valence electrons. The topological polar surface area (TPSA) is 76.6 Å². The second-order valence-corrected chi connectivity index (χ2v) is 9.58. The van der Waals surface area contributed by atoms with Gasteiger partial charge in [0.1, 0.15) is 23.1 Å². The zero-order valence-corrected chi connectivity index (χ0v) is 19.1. The lowest BCUT2D eigenvalue weighted by atomic mass is 10.0. The number of carbonyl (C=O) groups is 1. The van der Waals surface area contributed by atoms with E-state index in [9.17, 15) is 9.59 Å². The molecule has 1 unspecified atom stereocenters. The highest BCUT2D eigenvalue weighted by molar-refractivity contribution is 7.22. The maximum Gasteiger partial charge on any atom is 0.297 e. The van der Waals surface area contributed by atoms with Crippen LogP contribution in [0.25, 0.3) is 21.2 Å². The number of hydrogen-bond donors (Lipinski definition) is 0. The Bertz CT molecular complexity index is 1620. The van der Waals surface area contributed by atoms with Crippen LogP contribution in [0.2, 0.25) is 0 Å². The van der Waals surface area contributed by atoms with Crippen molar-refractivity contribution in [2.45, 2.75) is 32.7 Å². The number of fused-ring (bicyclic) bond motifs is 3. The molecule has 1 atom stereocenters. The van der Waals surface area contributed by atoms with Gasteiger partial charge in [0.05, 0.1) is 21.2 Å². The number of aryl methyl sites for hydroxylation is 1. The van der Waals surface area contributed by atoms with Gasteiger partial charge in [-0.15, -0.1) is 0 Å². The number of furan rings is 1. The van der Waals surface area contributed by atoms with E-state index >= 15 is 0 Å². The van der Waals surface area contributed by atoms with E-state index in [2.05, 4.69) is 26.0 Å². The Morgan fingerprint density at radius 3 is 2.61 bits per heavy atom. The molecule has 0 aliphatic carbocycles. The van der Waals surface area contributed by atoms with Gasteiger partial charge in [0, 0.05) is 0 Å². The van der Waals surface area contributed by atoms with E-state index in [1.54, 1.807) is 30.3 Å². The zero-order valence-electron chi connectivity index (χ0n) is 18.3. The fraction of sp³-hybridized carbons (Fsp3) is 0.192. The number of anilines is 1. The lowest BCUT2D eigenvalue weighted by Gasteiger charge is -2.20. The van der Waals surface area contributed by atoms with Gasteiger partial charge in [0.2, 0.25) is 5.76 Å². The van der Waals surface area contributed by atoms with Gasteiger partial charge in [-0.05, 0) is 54.8 Å². The largest absolute Gasteiger partial charge is 0.464 e. The van der Waals surface area contributed by atoms with Crippen LogP contribution in [-0.2, 0) is 0 Å². The fourth-order valence-corrected chi connectivity index (χ4v) is 5.42. The summed E-state index contributed by atoms with van der Waals surface area (Å²) in [6.45, 7) is 6.11. The number of carbonyl (C=O) groups excluding carboxylic acids is 1. The van der Waals surface area contributed by atoms with E-state index in [1.165, 1.54) is 21.8 Å². The first-order chi connectivity index (χ1) is 15.9. The monoisotopic (exact) mass is 456 g/mol. The molecule has 0 saturated heterocycles. The van der Waals surface area contributed by atoms with Crippen LogP contribution in [0.5, 0.6) is 0 Å². The highest BCUT2D eigenvalue weighted by Crippen LogP contribution is 2.44. The van der Waals surface area contributed by atoms with E-state index in [-0.39, 0.29) is 16.8 Å². The number of rotatable bonds is 3. The number of hydrogen-bond acceptors (Lipinski definition) is 6. The molecule has 2 aromatic carbocycles. The van der Waals surface area contributed by atoms with Crippen molar-refractivity contribution in [3.63, 3.8) is 0 Å². The molecule has 7 heteroatoms. The quantitative estimate of drug-likeness (QED) is 0.324. The Hall–Kier alpha value is -3.71. The molecule has 1 aliphatic heterocycles. The highest BCUT2D eigenvalue weighted by atomic mass is 32.1. The molecule has 0 radical (unpaired) electrons. The summed E-state index contributed by atoms with van der Waals surface area (Å²) in [5, 5.41) is 0.940. The van der Waals surface area contributed by atoms with Crippen molar-refractivity contribution in [1.29, 1.82) is 0 Å². The van der Waals surface area contributed by atoms with Crippen LogP contribution in [-0.4, -0.2) is 10.9 Å². The molecule has 4 heterocycles. The molecule has 1 aliphatic rings. The van der Waals surface area contributed by atoms with Crippen LogP contribution >= 0.6 is 11.3 Å². The van der Waals surface area contributed by atoms with Crippen molar-refractivity contribution in [3.8, 4) is 0 Å². The van der Waals surface area contributed by atoms with Crippen molar-refractivity contribution in [2.24, 2.45) is 0 Å². The Labute approximate surface area is 193 Å². The molecule has 0 spiro atoms. The van der Waals surface area contributed by atoms with E-state index in [1.807, 2.05) is 19.1 Å². The molecule has 3 aromatic heterocycles. The minimum absolute atomic E-state index is 0.0416. The van der Waals surface area contributed by atoms with Crippen LogP contribution in [0.1, 0.15) is 59.0 Å². The molecular formula is C26H20N2O4S. The first kappa shape index (κ1) is 19.9. The van der Waals surface area contributed by atoms with Gasteiger partial charge < -0.3 is 8.83 Å². The van der Waals surface area contributed by atoms with Crippen molar-refractivity contribution in [2.75, 3.05) is 4.90 Å². The second-order valence-electron chi connectivity index (χ2n) is 8.57. The summed E-state index contributed by atoms with van der Waals surface area (Å²) in [5.74, 6) is 1.23. The molecule has 33 heavy (non-hydrogen) atoms. The molecular weight excluding hydrogens is 436 g/mol. The van der Waals surface area contributed by atoms with Gasteiger partial charge >= 0.3 is 0 Å². The number of amides is 1. The Morgan fingerprint density at radius 1 is 1.03 bits per heavy atom. The van der Waals surface area contributed by atoms with Gasteiger partial charge in [-0.25, -0.2) is 4.98 Å². The average Bonchev–Trinajstić information content (AvgIpc) is 3.49. The molecule has 1 amide bonds. The number of nitrogens with zero attached hydrogens (tertiary/aromatic N) is 2. The lowest BCUT2D eigenvalue weighted by molar-refractivity contribution is 0.0969. The third-order valence-corrected chi connectivity index (χ3v) is 7.10. The standard InChI is InChI=1S/C26H20N2O4S/c1-13(2)15-9-10-17-20(12-15)33-26(27-17)28-22(19-11-8-14(3)31-19)21-23(29)16-6-4-5-7-18(16)32-24(21)25(28)30/h4-13,22H,1-3H3. The minimum Gasteiger partial charge on any atom is -0.464 e. The zero-order chi connectivity index (χ0) is 22.9. The molecule has 0 N–H and O–H groups in total. The molecule has 0 bridgehead atoms. The van der Waals surface area contributed by atoms with E-state index < -0.39 is 11.9 Å². The third kappa shape index (κ3) is 2.96. The summed E-state index contributed by atoms with van der Waals surface area (Å²) >= 11 is 1.42. The van der Waals surface area contributed by atoms with Crippen LogP contribution in [0, 0.1) is 6.92 Å². The Morgan fingerprint density at radius 2 is 1.85 bits per heavy atom. The van der Waals surface area contributed by atoms with Gasteiger partial charge in [-0.3, -0.25) is 14.5 Å². The average molecular weight is 457 g/mol. The molecule has 0 saturated carbocycles. The maximum atomic E-state index is 13.7. The van der Waals surface area contributed by atoms with Crippen molar-refractivity contribution in [1.82, 2.24) is 4.98 Å².